The van der Waals surface area contributed by atoms with Gasteiger partial charge < -0.3 is 14.9 Å². The molecule has 0 aliphatic carbocycles. The lowest BCUT2D eigenvalue weighted by Crippen LogP contribution is -2.20. The summed E-state index contributed by atoms with van der Waals surface area (Å²) < 4.78 is 11.2. The Bertz CT molecular complexity index is 1020. The Morgan fingerprint density at radius 3 is 2.67 bits per heavy atom. The number of H-pyrrole nitrogens is 1. The molecular formula is C21H20N4O2. The molecule has 0 saturated heterocycles. The van der Waals surface area contributed by atoms with Crippen LogP contribution in [-0.4, -0.2) is 10.2 Å². The van der Waals surface area contributed by atoms with Crippen LogP contribution in [-0.2, 0) is 6.42 Å². The van der Waals surface area contributed by atoms with E-state index in [0.29, 0.717) is 23.1 Å². The Morgan fingerprint density at radius 2 is 2.04 bits per heavy atom. The molecule has 2 aromatic heterocycles. The van der Waals surface area contributed by atoms with Crippen LogP contribution in [0.15, 0.2) is 58.5 Å². The van der Waals surface area contributed by atoms with Gasteiger partial charge in [-0.05, 0) is 30.0 Å². The highest BCUT2D eigenvalue weighted by Gasteiger charge is 2.37. The van der Waals surface area contributed by atoms with Gasteiger partial charge in [-0.2, -0.15) is 5.26 Å². The number of nitrogens with zero attached hydrogens (tertiary/aromatic N) is 2. The van der Waals surface area contributed by atoms with Crippen LogP contribution in [0.5, 0.6) is 5.88 Å². The summed E-state index contributed by atoms with van der Waals surface area (Å²) in [5, 5.41) is 16.9. The average Bonchev–Trinajstić information content (AvgIpc) is 3.30. The molecule has 6 nitrogen and oxygen atoms in total. The number of nitrogens with one attached hydrogen (secondary N) is 1. The average molecular weight is 360 g/mol. The predicted octanol–water partition coefficient (Wildman–Crippen LogP) is 4.09. The molecule has 1 unspecified atom stereocenters. The lowest BCUT2D eigenvalue weighted by Gasteiger charge is -2.22. The molecule has 0 bridgehead atoms. The fourth-order valence-electron chi connectivity index (χ4n) is 3.48. The molecule has 1 aliphatic heterocycles. The van der Waals surface area contributed by atoms with Crippen LogP contribution in [0.2, 0.25) is 0 Å². The van der Waals surface area contributed by atoms with Gasteiger partial charge in [0.15, 0.2) is 0 Å². The number of aromatic amines is 1. The van der Waals surface area contributed by atoms with Crippen LogP contribution in [0.3, 0.4) is 0 Å². The summed E-state index contributed by atoms with van der Waals surface area (Å²) in [6.45, 7) is 4.40. The maximum absolute atomic E-state index is 9.64. The van der Waals surface area contributed by atoms with E-state index in [9.17, 15) is 5.26 Å². The first kappa shape index (κ1) is 17.0. The number of rotatable bonds is 4. The molecule has 6 heteroatoms. The van der Waals surface area contributed by atoms with Crippen molar-refractivity contribution in [2.75, 3.05) is 0 Å². The summed E-state index contributed by atoms with van der Waals surface area (Å²) in [4.78, 5) is 0. The van der Waals surface area contributed by atoms with Gasteiger partial charge in [-0.25, -0.2) is 0 Å². The zero-order valence-electron chi connectivity index (χ0n) is 15.2. The second kappa shape index (κ2) is 6.69. The van der Waals surface area contributed by atoms with Gasteiger partial charge in [0.2, 0.25) is 11.8 Å². The second-order valence-electron chi connectivity index (χ2n) is 7.05. The molecule has 3 aromatic rings. The van der Waals surface area contributed by atoms with E-state index >= 15 is 0 Å². The number of benzene rings is 1. The van der Waals surface area contributed by atoms with Gasteiger partial charge in [-0.3, -0.25) is 5.10 Å². The number of allylic oxidation sites excluding steroid dienone is 1. The quantitative estimate of drug-likeness (QED) is 0.730. The fraction of sp³-hybridized carbons (Fsp3) is 0.238. The van der Waals surface area contributed by atoms with E-state index in [-0.39, 0.29) is 5.88 Å². The molecule has 1 atom stereocenters. The number of fused-ring (bicyclic) bond motifs is 1. The van der Waals surface area contributed by atoms with Gasteiger partial charge in [0.05, 0.1) is 23.4 Å². The van der Waals surface area contributed by atoms with Crippen LogP contribution in [0.25, 0.3) is 11.3 Å². The largest absolute Gasteiger partial charge is 0.468 e. The van der Waals surface area contributed by atoms with Crippen molar-refractivity contribution in [2.24, 2.45) is 11.7 Å². The van der Waals surface area contributed by atoms with Crippen molar-refractivity contribution < 1.29 is 9.15 Å². The van der Waals surface area contributed by atoms with Crippen LogP contribution in [0.4, 0.5) is 0 Å². The van der Waals surface area contributed by atoms with E-state index in [4.69, 9.17) is 14.9 Å². The van der Waals surface area contributed by atoms with E-state index in [1.165, 1.54) is 5.56 Å². The standard InChI is InChI=1S/C21H20N4O2/c1-12(2)10-13-5-7-14(8-6-13)19-18-17(16-4-3-9-26-16)15(11-22)20(23)27-21(18)25-24-19/h3-9,12,17H,10,23H2,1-2H3,(H,24,25). The van der Waals surface area contributed by atoms with Crippen LogP contribution in [0.1, 0.15) is 36.7 Å². The first-order valence-corrected chi connectivity index (χ1v) is 8.87. The highest BCUT2D eigenvalue weighted by atomic mass is 16.5. The smallest absolute Gasteiger partial charge is 0.244 e. The van der Waals surface area contributed by atoms with Crippen molar-refractivity contribution in [1.29, 1.82) is 5.26 Å². The van der Waals surface area contributed by atoms with Crippen molar-refractivity contribution in [1.82, 2.24) is 10.2 Å². The number of hydrogen-bond acceptors (Lipinski definition) is 5. The molecule has 3 N–H and O–H groups in total. The van der Waals surface area contributed by atoms with Crippen LogP contribution >= 0.6 is 0 Å². The van der Waals surface area contributed by atoms with Gasteiger partial charge in [0.25, 0.3) is 0 Å². The third kappa shape index (κ3) is 2.97. The minimum Gasteiger partial charge on any atom is -0.468 e. The number of ether oxygens (including phenoxy) is 1. The molecular weight excluding hydrogens is 340 g/mol. The highest BCUT2D eigenvalue weighted by molar-refractivity contribution is 5.70. The number of furan rings is 1. The van der Waals surface area contributed by atoms with E-state index in [2.05, 4.69) is 54.4 Å². The van der Waals surface area contributed by atoms with Gasteiger partial charge in [-0.15, -0.1) is 5.10 Å². The summed E-state index contributed by atoms with van der Waals surface area (Å²) in [5.41, 5.74) is 10.1. The van der Waals surface area contributed by atoms with Gasteiger partial charge in [-0.1, -0.05) is 38.1 Å². The van der Waals surface area contributed by atoms with Crippen molar-refractivity contribution in [3.05, 3.63) is 71.0 Å². The van der Waals surface area contributed by atoms with E-state index in [1.54, 1.807) is 12.3 Å². The summed E-state index contributed by atoms with van der Waals surface area (Å²) in [7, 11) is 0. The third-order valence-electron chi connectivity index (χ3n) is 4.65. The Balaban J connectivity index is 1.81. The molecule has 4 rings (SSSR count). The van der Waals surface area contributed by atoms with E-state index in [1.807, 2.05) is 6.07 Å². The Hall–Kier alpha value is -3.46. The maximum atomic E-state index is 9.64. The van der Waals surface area contributed by atoms with E-state index < -0.39 is 5.92 Å². The highest BCUT2D eigenvalue weighted by Crippen LogP contribution is 2.45. The van der Waals surface area contributed by atoms with Crippen molar-refractivity contribution in [3.63, 3.8) is 0 Å². The summed E-state index contributed by atoms with van der Waals surface area (Å²) in [6, 6.07) is 14.1. The Morgan fingerprint density at radius 1 is 1.26 bits per heavy atom. The van der Waals surface area contributed by atoms with Crippen molar-refractivity contribution in [2.45, 2.75) is 26.2 Å². The van der Waals surface area contributed by atoms with Gasteiger partial charge in [0.1, 0.15) is 17.4 Å². The summed E-state index contributed by atoms with van der Waals surface area (Å²) in [5.74, 6) is 1.18. The number of nitriles is 1. The zero-order valence-corrected chi connectivity index (χ0v) is 15.2. The molecule has 0 amide bonds. The molecule has 0 radical (unpaired) electrons. The summed E-state index contributed by atoms with van der Waals surface area (Å²) >= 11 is 0. The number of aromatic nitrogens is 2. The lowest BCUT2D eigenvalue weighted by molar-refractivity contribution is 0.371. The normalized spacial score (nSPS) is 16.1. The zero-order chi connectivity index (χ0) is 19.0. The predicted molar refractivity (Wildman–Crippen MR) is 101 cm³/mol. The monoisotopic (exact) mass is 360 g/mol. The molecule has 136 valence electrons. The first-order valence-electron chi connectivity index (χ1n) is 8.87. The Labute approximate surface area is 157 Å². The second-order valence-corrected chi connectivity index (χ2v) is 7.05. The fourth-order valence-corrected chi connectivity index (χ4v) is 3.48. The van der Waals surface area contributed by atoms with E-state index in [0.717, 1.165) is 23.2 Å². The molecule has 27 heavy (non-hydrogen) atoms. The van der Waals surface area contributed by atoms with Crippen LogP contribution < -0.4 is 10.5 Å². The van der Waals surface area contributed by atoms with Crippen molar-refractivity contribution in [3.8, 4) is 23.2 Å². The molecule has 1 aliphatic rings. The molecule has 0 fully saturated rings. The maximum Gasteiger partial charge on any atom is 0.244 e. The first-order chi connectivity index (χ1) is 13.1. The van der Waals surface area contributed by atoms with Crippen LogP contribution in [0, 0.1) is 17.2 Å². The number of nitrogens with two attached hydrogens (primary N) is 1. The van der Waals surface area contributed by atoms with Crippen molar-refractivity contribution >= 4 is 0 Å². The summed E-state index contributed by atoms with van der Waals surface area (Å²) in [6.07, 6.45) is 2.60. The minimum atomic E-state index is -0.460. The lowest BCUT2D eigenvalue weighted by atomic mass is 9.86. The SMILES string of the molecule is CC(C)Cc1ccc(-c2[nH]nc3c2C(c2ccco2)C(C#N)=C(N)O3)cc1. The Kier molecular flexibility index (Phi) is 4.21. The minimum absolute atomic E-state index is 0.0525. The topological polar surface area (TPSA) is 101 Å². The van der Waals surface area contributed by atoms with Gasteiger partial charge in [0, 0.05) is 5.56 Å². The number of hydrogen-bond donors (Lipinski definition) is 2. The van der Waals surface area contributed by atoms with Gasteiger partial charge >= 0.3 is 0 Å². The third-order valence-corrected chi connectivity index (χ3v) is 4.65. The molecule has 0 saturated carbocycles. The molecule has 3 heterocycles. The molecule has 0 spiro atoms. The molecule has 1 aromatic carbocycles.